The summed E-state index contributed by atoms with van der Waals surface area (Å²) in [7, 11) is 0. The minimum absolute atomic E-state index is 0.319. The molecule has 0 saturated heterocycles. The number of carboxylic acids is 1. The molecule has 0 aliphatic rings. The van der Waals surface area contributed by atoms with Gasteiger partial charge in [0.15, 0.2) is 0 Å². The first-order chi connectivity index (χ1) is 11.1. The highest BCUT2D eigenvalue weighted by Gasteiger charge is 2.23. The van der Waals surface area contributed by atoms with Gasteiger partial charge in [0, 0.05) is 6.04 Å². The summed E-state index contributed by atoms with van der Waals surface area (Å²) in [4.78, 5) is 23.1. The van der Waals surface area contributed by atoms with Gasteiger partial charge in [-0.2, -0.15) is 0 Å². The van der Waals surface area contributed by atoms with Crippen LogP contribution < -0.4 is 5.32 Å². The van der Waals surface area contributed by atoms with Crippen LogP contribution in [0.4, 0.5) is 4.79 Å². The Hall–Kier alpha value is -2.30. The van der Waals surface area contributed by atoms with Crippen molar-refractivity contribution in [3.8, 4) is 0 Å². The maximum Gasteiger partial charge on any atom is 0.407 e. The Kier molecular flexibility index (Phi) is 7.01. The van der Waals surface area contributed by atoms with Crippen molar-refractivity contribution in [3.63, 3.8) is 0 Å². The molecule has 2 atom stereocenters. The predicted octanol–water partition coefficient (Wildman–Crippen LogP) is 3.88. The van der Waals surface area contributed by atoms with Crippen LogP contribution in [0.3, 0.4) is 0 Å². The molecule has 132 valence electrons. The Morgan fingerprint density at radius 1 is 1.29 bits per heavy atom. The number of carboxylic acid groups (broad SMARTS) is 1. The molecule has 5 heteroatoms. The molecular formula is C19H27NO4. The molecular weight excluding hydrogens is 306 g/mol. The minimum atomic E-state index is -0.881. The first-order valence-electron chi connectivity index (χ1n) is 8.04. The van der Waals surface area contributed by atoms with Crippen molar-refractivity contribution in [2.24, 2.45) is 5.92 Å². The molecule has 5 nitrogen and oxygen atoms in total. The number of benzene rings is 1. The molecule has 0 heterocycles. The molecule has 2 unspecified atom stereocenters. The average Bonchev–Trinajstić information content (AvgIpc) is 2.45. The van der Waals surface area contributed by atoms with Gasteiger partial charge < -0.3 is 15.2 Å². The first-order valence-corrected chi connectivity index (χ1v) is 8.04. The van der Waals surface area contributed by atoms with Crippen LogP contribution >= 0.6 is 0 Å². The van der Waals surface area contributed by atoms with Crippen molar-refractivity contribution in [2.45, 2.75) is 52.2 Å². The van der Waals surface area contributed by atoms with E-state index in [-0.39, 0.29) is 6.04 Å². The zero-order valence-electron chi connectivity index (χ0n) is 14.8. The third-order valence-corrected chi connectivity index (χ3v) is 3.48. The van der Waals surface area contributed by atoms with Crippen molar-refractivity contribution in [3.05, 3.63) is 42.0 Å². The van der Waals surface area contributed by atoms with E-state index in [1.54, 1.807) is 33.8 Å². The number of ether oxygens (including phenoxy) is 1. The lowest BCUT2D eigenvalue weighted by Gasteiger charge is -2.24. The summed E-state index contributed by atoms with van der Waals surface area (Å²) in [5, 5.41) is 11.9. The molecule has 0 bridgehead atoms. The number of hydrogen-bond donors (Lipinski definition) is 2. The van der Waals surface area contributed by atoms with Gasteiger partial charge in [-0.1, -0.05) is 43.8 Å². The summed E-state index contributed by atoms with van der Waals surface area (Å²) in [6.07, 6.45) is 2.09. The summed E-state index contributed by atoms with van der Waals surface area (Å²) in [6, 6.07) is 7.46. The molecule has 0 spiro atoms. The van der Waals surface area contributed by atoms with Crippen LogP contribution in [0.2, 0.25) is 0 Å². The summed E-state index contributed by atoms with van der Waals surface area (Å²) < 4.78 is 5.27. The molecule has 0 aliphatic heterocycles. The van der Waals surface area contributed by atoms with Crippen LogP contribution in [0.25, 0.3) is 6.08 Å². The maximum absolute atomic E-state index is 12.0. The Labute approximate surface area is 143 Å². The molecule has 1 aromatic rings. The van der Waals surface area contributed by atoms with E-state index in [2.05, 4.69) is 11.9 Å². The molecule has 0 aliphatic carbocycles. The molecule has 2 N–H and O–H groups in total. The van der Waals surface area contributed by atoms with E-state index < -0.39 is 23.6 Å². The van der Waals surface area contributed by atoms with Gasteiger partial charge >= 0.3 is 12.1 Å². The summed E-state index contributed by atoms with van der Waals surface area (Å²) in [5.41, 5.74) is 1.42. The van der Waals surface area contributed by atoms with Crippen LogP contribution in [0.5, 0.6) is 0 Å². The monoisotopic (exact) mass is 333 g/mol. The van der Waals surface area contributed by atoms with Crippen LogP contribution in [-0.4, -0.2) is 28.8 Å². The molecule has 1 amide bonds. The Morgan fingerprint density at radius 2 is 1.88 bits per heavy atom. The fourth-order valence-electron chi connectivity index (χ4n) is 2.27. The van der Waals surface area contributed by atoms with Gasteiger partial charge in [-0.15, -0.1) is 0 Å². The molecule has 0 aromatic heterocycles. The number of alkyl carbamates (subject to hydrolysis) is 1. The van der Waals surface area contributed by atoms with E-state index in [0.717, 1.165) is 11.1 Å². The topological polar surface area (TPSA) is 75.6 Å². The van der Waals surface area contributed by atoms with Crippen molar-refractivity contribution < 1.29 is 19.4 Å². The quantitative estimate of drug-likeness (QED) is 0.794. The summed E-state index contributed by atoms with van der Waals surface area (Å²) in [5.74, 6) is -1.44. The lowest BCUT2D eigenvalue weighted by Crippen LogP contribution is -2.41. The third-order valence-electron chi connectivity index (χ3n) is 3.48. The van der Waals surface area contributed by atoms with Gasteiger partial charge in [-0.3, -0.25) is 4.79 Å². The number of nitrogens with one attached hydrogen (secondary N) is 1. The predicted molar refractivity (Wildman–Crippen MR) is 94.8 cm³/mol. The first kappa shape index (κ1) is 19.7. The number of rotatable bonds is 7. The maximum atomic E-state index is 12.0. The molecule has 0 saturated carbocycles. The smallest absolute Gasteiger partial charge is 0.407 e. The van der Waals surface area contributed by atoms with E-state index >= 15 is 0 Å². The normalized spacial score (nSPS) is 13.7. The van der Waals surface area contributed by atoms with Crippen molar-refractivity contribution in [1.29, 1.82) is 0 Å². The van der Waals surface area contributed by atoms with E-state index in [1.807, 2.05) is 24.3 Å². The van der Waals surface area contributed by atoms with Crippen LogP contribution in [0.15, 0.2) is 30.8 Å². The van der Waals surface area contributed by atoms with Gasteiger partial charge in [0.05, 0.1) is 5.92 Å². The van der Waals surface area contributed by atoms with E-state index in [4.69, 9.17) is 9.84 Å². The highest BCUT2D eigenvalue weighted by molar-refractivity contribution is 5.70. The lowest BCUT2D eigenvalue weighted by atomic mass is 9.96. The fraction of sp³-hybridized carbons (Fsp3) is 0.474. The third kappa shape index (κ3) is 7.31. The van der Waals surface area contributed by atoms with Crippen molar-refractivity contribution in [2.75, 3.05) is 0 Å². The Morgan fingerprint density at radius 3 is 2.33 bits per heavy atom. The Balaban J connectivity index is 2.81. The van der Waals surface area contributed by atoms with Gasteiger partial charge in [0.25, 0.3) is 0 Å². The molecule has 0 fully saturated rings. The van der Waals surface area contributed by atoms with E-state index in [1.165, 1.54) is 0 Å². The number of hydrogen-bond acceptors (Lipinski definition) is 3. The van der Waals surface area contributed by atoms with Crippen LogP contribution in [0.1, 0.15) is 45.2 Å². The number of amides is 1. The number of carbonyl (C=O) groups is 2. The van der Waals surface area contributed by atoms with Crippen LogP contribution in [-0.2, 0) is 16.0 Å². The van der Waals surface area contributed by atoms with Gasteiger partial charge in [-0.05, 0) is 44.7 Å². The van der Waals surface area contributed by atoms with Crippen molar-refractivity contribution in [1.82, 2.24) is 5.32 Å². The lowest BCUT2D eigenvalue weighted by molar-refractivity contribution is -0.141. The van der Waals surface area contributed by atoms with Crippen molar-refractivity contribution >= 4 is 18.1 Å². The van der Waals surface area contributed by atoms with Gasteiger partial charge in [-0.25, -0.2) is 4.79 Å². The minimum Gasteiger partial charge on any atom is -0.481 e. The largest absolute Gasteiger partial charge is 0.481 e. The molecule has 0 radical (unpaired) electrons. The second-order valence-corrected chi connectivity index (χ2v) is 6.97. The van der Waals surface area contributed by atoms with Gasteiger partial charge in [0.2, 0.25) is 0 Å². The fourth-order valence-corrected chi connectivity index (χ4v) is 2.27. The highest BCUT2D eigenvalue weighted by Crippen LogP contribution is 2.15. The molecule has 1 rings (SSSR count). The summed E-state index contributed by atoms with van der Waals surface area (Å²) in [6.45, 7) is 10.7. The highest BCUT2D eigenvalue weighted by atomic mass is 16.6. The zero-order chi connectivity index (χ0) is 18.3. The van der Waals surface area contributed by atoms with E-state index in [9.17, 15) is 9.59 Å². The Bertz CT molecular complexity index is 572. The van der Waals surface area contributed by atoms with Crippen LogP contribution in [0, 0.1) is 5.92 Å². The molecule has 1 aromatic carbocycles. The number of aliphatic carboxylic acids is 1. The number of carbonyl (C=O) groups excluding carboxylic acids is 1. The van der Waals surface area contributed by atoms with Gasteiger partial charge in [0.1, 0.15) is 5.60 Å². The summed E-state index contributed by atoms with van der Waals surface area (Å²) >= 11 is 0. The van der Waals surface area contributed by atoms with E-state index in [0.29, 0.717) is 12.8 Å². The SMILES string of the molecule is C=Cc1ccc(CC(CC(C)C(=O)O)NC(=O)OC(C)(C)C)cc1. The zero-order valence-corrected chi connectivity index (χ0v) is 14.8. The molecule has 24 heavy (non-hydrogen) atoms. The second-order valence-electron chi connectivity index (χ2n) is 6.97. The standard InChI is InChI=1S/C19H27NO4/c1-6-14-7-9-15(10-8-14)12-16(11-13(2)17(21)22)20-18(23)24-19(3,4)5/h6-10,13,16H,1,11-12H2,2-5H3,(H,20,23)(H,21,22). The second kappa shape index (κ2) is 8.52. The average molecular weight is 333 g/mol.